The lowest BCUT2D eigenvalue weighted by atomic mass is 10.1. The minimum atomic E-state index is 0.0870. The first-order chi connectivity index (χ1) is 10.1. The van der Waals surface area contributed by atoms with Gasteiger partial charge in [-0.25, -0.2) is 4.98 Å². The van der Waals surface area contributed by atoms with Crippen molar-refractivity contribution in [2.75, 3.05) is 25.2 Å². The van der Waals surface area contributed by atoms with Crippen molar-refractivity contribution in [1.82, 2.24) is 4.98 Å². The summed E-state index contributed by atoms with van der Waals surface area (Å²) in [5, 5.41) is 12.2. The smallest absolute Gasteiger partial charge is 0.174 e. The Morgan fingerprint density at radius 1 is 1.48 bits per heavy atom. The number of pyridine rings is 1. The molecule has 1 rings (SSSR count). The van der Waals surface area contributed by atoms with Gasteiger partial charge >= 0.3 is 0 Å². The van der Waals surface area contributed by atoms with E-state index in [2.05, 4.69) is 28.9 Å². The van der Waals surface area contributed by atoms with Crippen molar-refractivity contribution in [3.8, 4) is 0 Å². The summed E-state index contributed by atoms with van der Waals surface area (Å²) in [5.74, 6) is 0.833. The molecule has 118 valence electrons. The van der Waals surface area contributed by atoms with E-state index in [9.17, 15) is 0 Å². The molecule has 0 radical (unpaired) electrons. The van der Waals surface area contributed by atoms with Crippen molar-refractivity contribution < 1.29 is 9.94 Å². The van der Waals surface area contributed by atoms with Crippen LogP contribution in [0.4, 0.5) is 5.82 Å². The van der Waals surface area contributed by atoms with E-state index in [1.54, 1.807) is 13.3 Å². The van der Waals surface area contributed by atoms with Crippen molar-refractivity contribution in [1.29, 1.82) is 0 Å². The highest BCUT2D eigenvalue weighted by Crippen LogP contribution is 2.24. The first-order valence-corrected chi connectivity index (χ1v) is 7.29. The molecule has 6 heteroatoms. The van der Waals surface area contributed by atoms with Gasteiger partial charge in [0.1, 0.15) is 5.82 Å². The third kappa shape index (κ3) is 4.07. The summed E-state index contributed by atoms with van der Waals surface area (Å²) in [5.41, 5.74) is 7.46. The molecule has 0 unspecified atom stereocenters. The van der Waals surface area contributed by atoms with Gasteiger partial charge in [0.25, 0.3) is 0 Å². The minimum absolute atomic E-state index is 0.0870. The molecule has 0 atom stereocenters. The third-order valence-corrected chi connectivity index (χ3v) is 3.69. The fourth-order valence-electron chi connectivity index (χ4n) is 2.51. The van der Waals surface area contributed by atoms with E-state index in [4.69, 9.17) is 15.7 Å². The van der Waals surface area contributed by atoms with E-state index in [0.29, 0.717) is 24.8 Å². The predicted octanol–water partition coefficient (Wildman–Crippen LogP) is 2.13. The number of hydrogen-bond acceptors (Lipinski definition) is 5. The molecule has 0 saturated carbocycles. The molecule has 21 heavy (non-hydrogen) atoms. The molecule has 0 aromatic carbocycles. The molecule has 1 heterocycles. The molecule has 0 saturated heterocycles. The highest BCUT2D eigenvalue weighted by atomic mass is 16.5. The van der Waals surface area contributed by atoms with Gasteiger partial charge in [0.15, 0.2) is 5.84 Å². The highest BCUT2D eigenvalue weighted by Gasteiger charge is 2.22. The van der Waals surface area contributed by atoms with E-state index in [1.807, 2.05) is 13.0 Å². The maximum Gasteiger partial charge on any atom is 0.174 e. The van der Waals surface area contributed by atoms with E-state index in [0.717, 1.165) is 24.2 Å². The van der Waals surface area contributed by atoms with Crippen LogP contribution in [0.5, 0.6) is 0 Å². The van der Waals surface area contributed by atoms with Gasteiger partial charge in [-0.2, -0.15) is 0 Å². The molecule has 1 aromatic heterocycles. The summed E-state index contributed by atoms with van der Waals surface area (Å²) in [6, 6.07) is 2.19. The molecule has 0 fully saturated rings. The maximum atomic E-state index is 9.04. The molecule has 0 aliphatic rings. The molecule has 1 aromatic rings. The lowest BCUT2D eigenvalue weighted by molar-refractivity contribution is 0.202. The first-order valence-electron chi connectivity index (χ1n) is 7.29. The SMILES string of the molecule is CCC(CC)N(CCOC)c1nccc(C)c1/C(N)=N/O. The molecule has 3 N–H and O–H groups in total. The zero-order valence-corrected chi connectivity index (χ0v) is 13.3. The largest absolute Gasteiger partial charge is 0.409 e. The number of ether oxygens (including phenoxy) is 1. The Morgan fingerprint density at radius 3 is 2.67 bits per heavy atom. The number of methoxy groups -OCH3 is 1. The van der Waals surface area contributed by atoms with Crippen molar-refractivity contribution in [2.45, 2.75) is 39.7 Å². The van der Waals surface area contributed by atoms with Crippen LogP contribution in [0.1, 0.15) is 37.8 Å². The van der Waals surface area contributed by atoms with Crippen LogP contribution in [0.15, 0.2) is 17.4 Å². The van der Waals surface area contributed by atoms with Gasteiger partial charge in [0.05, 0.1) is 12.2 Å². The number of hydrogen-bond donors (Lipinski definition) is 2. The highest BCUT2D eigenvalue weighted by molar-refractivity contribution is 6.02. The van der Waals surface area contributed by atoms with Crippen molar-refractivity contribution >= 4 is 11.7 Å². The van der Waals surface area contributed by atoms with Crippen LogP contribution in [-0.2, 0) is 4.74 Å². The normalized spacial score (nSPS) is 12.0. The number of nitrogens with zero attached hydrogens (tertiary/aromatic N) is 3. The Kier molecular flexibility index (Phi) is 6.94. The number of anilines is 1. The van der Waals surface area contributed by atoms with Crippen LogP contribution < -0.4 is 10.6 Å². The Hall–Kier alpha value is -1.82. The molecule has 0 aliphatic heterocycles. The Bertz CT molecular complexity index is 473. The quantitative estimate of drug-likeness (QED) is 0.332. The number of rotatable bonds is 8. The average molecular weight is 294 g/mol. The fourth-order valence-corrected chi connectivity index (χ4v) is 2.51. The number of nitrogens with two attached hydrogens (primary N) is 1. The monoisotopic (exact) mass is 294 g/mol. The summed E-state index contributed by atoms with van der Waals surface area (Å²) < 4.78 is 5.21. The molecule has 6 nitrogen and oxygen atoms in total. The lowest BCUT2D eigenvalue weighted by Crippen LogP contribution is -2.39. The van der Waals surface area contributed by atoms with E-state index in [-0.39, 0.29) is 5.84 Å². The third-order valence-electron chi connectivity index (χ3n) is 3.69. The molecule has 0 aliphatic carbocycles. The number of aryl methyl sites for hydroxylation is 1. The van der Waals surface area contributed by atoms with Crippen LogP contribution >= 0.6 is 0 Å². The topological polar surface area (TPSA) is 84.0 Å². The van der Waals surface area contributed by atoms with Crippen LogP contribution in [-0.4, -0.2) is 42.3 Å². The summed E-state index contributed by atoms with van der Waals surface area (Å²) in [6.07, 6.45) is 3.73. The summed E-state index contributed by atoms with van der Waals surface area (Å²) in [7, 11) is 1.68. The Labute approximate surface area is 126 Å². The lowest BCUT2D eigenvalue weighted by Gasteiger charge is -2.33. The second kappa shape index (κ2) is 8.46. The molecule has 0 amide bonds. The van der Waals surface area contributed by atoms with E-state index in [1.165, 1.54) is 0 Å². The van der Waals surface area contributed by atoms with Crippen LogP contribution in [0, 0.1) is 6.92 Å². The van der Waals surface area contributed by atoms with Crippen molar-refractivity contribution in [3.05, 3.63) is 23.4 Å². The summed E-state index contributed by atoms with van der Waals surface area (Å²) >= 11 is 0. The van der Waals surface area contributed by atoms with E-state index < -0.39 is 0 Å². The van der Waals surface area contributed by atoms with Crippen molar-refractivity contribution in [2.24, 2.45) is 10.9 Å². The number of amidine groups is 1. The van der Waals surface area contributed by atoms with Gasteiger partial charge in [-0.3, -0.25) is 0 Å². The first kappa shape index (κ1) is 17.2. The van der Waals surface area contributed by atoms with Gasteiger partial charge in [-0.15, -0.1) is 0 Å². The zero-order chi connectivity index (χ0) is 15.8. The molecule has 0 bridgehead atoms. The van der Waals surface area contributed by atoms with Gasteiger partial charge < -0.3 is 20.6 Å². The molecular formula is C15H26N4O2. The standard InChI is InChI=1S/C15H26N4O2/c1-5-12(6-2)19(9-10-21-4)15-13(14(16)18-20)11(3)7-8-17-15/h7-8,12,20H,5-6,9-10H2,1-4H3,(H2,16,18). The van der Waals surface area contributed by atoms with E-state index >= 15 is 0 Å². The van der Waals surface area contributed by atoms with Crippen LogP contribution in [0.25, 0.3) is 0 Å². The number of oxime groups is 1. The summed E-state index contributed by atoms with van der Waals surface area (Å²) in [4.78, 5) is 6.66. The average Bonchev–Trinajstić information content (AvgIpc) is 2.50. The van der Waals surface area contributed by atoms with Crippen LogP contribution in [0.2, 0.25) is 0 Å². The minimum Gasteiger partial charge on any atom is -0.409 e. The second-order valence-electron chi connectivity index (χ2n) is 4.97. The van der Waals surface area contributed by atoms with Crippen LogP contribution in [0.3, 0.4) is 0 Å². The van der Waals surface area contributed by atoms with Gasteiger partial charge in [0.2, 0.25) is 0 Å². The van der Waals surface area contributed by atoms with Gasteiger partial charge in [-0.1, -0.05) is 19.0 Å². The van der Waals surface area contributed by atoms with Gasteiger partial charge in [-0.05, 0) is 31.4 Å². The molecular weight excluding hydrogens is 268 g/mol. The maximum absolute atomic E-state index is 9.04. The number of aromatic nitrogens is 1. The summed E-state index contributed by atoms with van der Waals surface area (Å²) in [6.45, 7) is 7.53. The fraction of sp³-hybridized carbons (Fsp3) is 0.600. The van der Waals surface area contributed by atoms with Crippen molar-refractivity contribution in [3.63, 3.8) is 0 Å². The zero-order valence-electron chi connectivity index (χ0n) is 13.3. The Balaban J connectivity index is 3.32. The second-order valence-corrected chi connectivity index (χ2v) is 4.97. The predicted molar refractivity (Wildman–Crippen MR) is 85.1 cm³/mol. The van der Waals surface area contributed by atoms with Gasteiger partial charge in [0, 0.05) is 25.9 Å². The Morgan fingerprint density at radius 2 is 2.14 bits per heavy atom. The molecule has 0 spiro atoms.